The van der Waals surface area contributed by atoms with Crippen LogP contribution in [0.1, 0.15) is 36.8 Å². The van der Waals surface area contributed by atoms with E-state index in [2.05, 4.69) is 20.5 Å². The summed E-state index contributed by atoms with van der Waals surface area (Å²) in [5.74, 6) is -0.632. The minimum atomic E-state index is -2.97. The van der Waals surface area contributed by atoms with Gasteiger partial charge in [0.05, 0.1) is 17.5 Å². The van der Waals surface area contributed by atoms with Gasteiger partial charge in [0, 0.05) is 12.7 Å². The Morgan fingerprint density at radius 1 is 1.29 bits per heavy atom. The van der Waals surface area contributed by atoms with Crippen LogP contribution in [0, 0.1) is 6.92 Å². The first-order valence-electron chi connectivity index (χ1n) is 8.61. The molecular weight excluding hydrogens is 390 g/mol. The second-order valence-corrected chi connectivity index (χ2v) is 6.57. The maximum absolute atomic E-state index is 12.6. The molecule has 2 N–H and O–H groups in total. The third-order valence-corrected chi connectivity index (χ3v) is 3.68. The number of thiocarbonyl (C=S) groups is 1. The number of halogens is 2. The normalized spacial score (nSPS) is 10.9. The molecule has 7 nitrogen and oxygen atoms in total. The molecule has 2 aromatic rings. The molecule has 2 rings (SSSR count). The van der Waals surface area contributed by atoms with Gasteiger partial charge in [0.1, 0.15) is 5.75 Å². The predicted molar refractivity (Wildman–Crippen MR) is 106 cm³/mol. The highest BCUT2D eigenvalue weighted by Gasteiger charge is 2.20. The highest BCUT2D eigenvalue weighted by molar-refractivity contribution is 7.80. The smallest absolute Gasteiger partial charge is 0.387 e. The molecule has 0 unspecified atom stereocenters. The van der Waals surface area contributed by atoms with Crippen molar-refractivity contribution in [3.05, 3.63) is 35.7 Å². The number of anilines is 2. The first kappa shape index (κ1) is 21.5. The number of rotatable bonds is 7. The number of carbonyl (C=O) groups is 1. The molecule has 0 radical (unpaired) electrons. The van der Waals surface area contributed by atoms with Crippen LogP contribution in [0.5, 0.6) is 5.75 Å². The zero-order chi connectivity index (χ0) is 20.8. The van der Waals surface area contributed by atoms with Gasteiger partial charge in [-0.2, -0.15) is 13.9 Å². The second-order valence-electron chi connectivity index (χ2n) is 6.16. The van der Waals surface area contributed by atoms with Crippen molar-refractivity contribution in [1.82, 2.24) is 9.78 Å². The Labute approximate surface area is 167 Å². The highest BCUT2D eigenvalue weighted by atomic mass is 32.1. The van der Waals surface area contributed by atoms with Crippen LogP contribution < -0.4 is 15.4 Å². The fourth-order valence-corrected chi connectivity index (χ4v) is 2.52. The summed E-state index contributed by atoms with van der Waals surface area (Å²) in [6, 6.07) is 4.77. The van der Waals surface area contributed by atoms with E-state index in [1.807, 2.05) is 6.92 Å². The van der Waals surface area contributed by atoms with E-state index >= 15 is 0 Å². The van der Waals surface area contributed by atoms with Gasteiger partial charge in [-0.1, -0.05) is 6.07 Å². The van der Waals surface area contributed by atoms with Crippen molar-refractivity contribution in [3.63, 3.8) is 0 Å². The van der Waals surface area contributed by atoms with E-state index in [0.29, 0.717) is 12.2 Å². The number of hydrogen-bond acceptors (Lipinski definition) is 5. The third kappa shape index (κ3) is 5.88. The van der Waals surface area contributed by atoms with E-state index < -0.39 is 12.6 Å². The fraction of sp³-hybridized carbons (Fsp3) is 0.389. The van der Waals surface area contributed by atoms with Crippen LogP contribution in [-0.4, -0.2) is 33.6 Å². The van der Waals surface area contributed by atoms with Crippen LogP contribution in [0.2, 0.25) is 0 Å². The highest BCUT2D eigenvalue weighted by Crippen LogP contribution is 2.28. The zero-order valence-electron chi connectivity index (χ0n) is 16.0. The summed E-state index contributed by atoms with van der Waals surface area (Å²) in [6.07, 6.45) is 1.30. The van der Waals surface area contributed by atoms with Gasteiger partial charge >= 0.3 is 12.6 Å². The van der Waals surface area contributed by atoms with E-state index in [-0.39, 0.29) is 28.3 Å². The van der Waals surface area contributed by atoms with E-state index in [1.54, 1.807) is 43.8 Å². The summed E-state index contributed by atoms with van der Waals surface area (Å²) in [7, 11) is 0. The van der Waals surface area contributed by atoms with Crippen molar-refractivity contribution in [2.45, 2.75) is 47.0 Å². The molecule has 0 saturated heterocycles. The van der Waals surface area contributed by atoms with E-state index in [0.717, 1.165) is 5.56 Å². The van der Waals surface area contributed by atoms with Gasteiger partial charge < -0.3 is 20.1 Å². The van der Waals surface area contributed by atoms with Crippen LogP contribution in [0.25, 0.3) is 0 Å². The fourth-order valence-electron chi connectivity index (χ4n) is 2.30. The summed E-state index contributed by atoms with van der Waals surface area (Å²) in [5, 5.41) is 9.91. The molecule has 0 fully saturated rings. The number of aromatic nitrogens is 2. The summed E-state index contributed by atoms with van der Waals surface area (Å²) >= 11 is 5.25. The molecule has 1 aromatic carbocycles. The molecule has 0 saturated carbocycles. The Balaban J connectivity index is 2.20. The first-order valence-corrected chi connectivity index (χ1v) is 9.02. The van der Waals surface area contributed by atoms with Gasteiger partial charge in [-0.25, -0.2) is 4.79 Å². The maximum Gasteiger partial charge on any atom is 0.387 e. The van der Waals surface area contributed by atoms with Gasteiger partial charge in [-0.3, -0.25) is 4.68 Å². The Hall–Kier alpha value is -2.75. The lowest BCUT2D eigenvalue weighted by atomic mass is 10.2. The van der Waals surface area contributed by atoms with E-state index in [1.165, 1.54) is 6.07 Å². The lowest BCUT2D eigenvalue weighted by Crippen LogP contribution is -2.22. The van der Waals surface area contributed by atoms with Crippen LogP contribution in [0.15, 0.2) is 24.4 Å². The Morgan fingerprint density at radius 2 is 1.96 bits per heavy atom. The van der Waals surface area contributed by atoms with Crippen molar-refractivity contribution in [1.29, 1.82) is 0 Å². The number of carbonyl (C=O) groups excluding carboxylic acids is 1. The molecule has 152 valence electrons. The van der Waals surface area contributed by atoms with Gasteiger partial charge in [0.2, 0.25) is 0 Å². The van der Waals surface area contributed by atoms with Crippen molar-refractivity contribution in [2.75, 3.05) is 10.6 Å². The number of nitrogens with zero attached hydrogens (tertiary/aromatic N) is 2. The molecule has 1 aromatic heterocycles. The number of hydrogen-bond donors (Lipinski definition) is 2. The van der Waals surface area contributed by atoms with Gasteiger partial charge in [-0.05, 0) is 57.6 Å². The molecular formula is C18H22F2N4O3S. The van der Waals surface area contributed by atoms with E-state index in [9.17, 15) is 13.6 Å². The predicted octanol–water partition coefficient (Wildman–Crippen LogP) is 4.19. The molecule has 0 aliphatic rings. The van der Waals surface area contributed by atoms with Crippen molar-refractivity contribution in [3.8, 4) is 5.75 Å². The monoisotopic (exact) mass is 412 g/mol. The molecule has 0 atom stereocenters. The quantitative estimate of drug-likeness (QED) is 0.522. The second kappa shape index (κ2) is 9.45. The number of benzene rings is 1. The largest absolute Gasteiger partial charge is 0.458 e. The molecule has 0 amide bonds. The standard InChI is InChI=1S/C18H22F2N4O3S/c1-5-24-9-13(15(23-24)16(25)26-10(2)3)22-18(28)21-12-7-6-11(4)8-14(12)27-17(19)20/h6-10,17H,5H2,1-4H3,(H2,21,22,28). The Morgan fingerprint density at radius 3 is 2.57 bits per heavy atom. The van der Waals surface area contributed by atoms with Crippen LogP contribution >= 0.6 is 12.2 Å². The first-order chi connectivity index (χ1) is 13.2. The minimum absolute atomic E-state index is 0.0390. The van der Waals surface area contributed by atoms with Crippen LogP contribution in [0.3, 0.4) is 0 Å². The summed E-state index contributed by atoms with van der Waals surface area (Å²) < 4.78 is 36.6. The lowest BCUT2D eigenvalue weighted by molar-refractivity contribution is -0.0493. The average Bonchev–Trinajstić information content (AvgIpc) is 2.99. The minimum Gasteiger partial charge on any atom is -0.458 e. The number of ether oxygens (including phenoxy) is 2. The average molecular weight is 412 g/mol. The molecule has 0 aliphatic heterocycles. The molecule has 0 aliphatic carbocycles. The number of aryl methyl sites for hydroxylation is 2. The Bertz CT molecular complexity index is 855. The Kier molecular flexibility index (Phi) is 7.27. The van der Waals surface area contributed by atoms with Gasteiger partial charge in [-0.15, -0.1) is 0 Å². The van der Waals surface area contributed by atoms with Crippen molar-refractivity contribution >= 4 is 34.7 Å². The van der Waals surface area contributed by atoms with Crippen LogP contribution in [-0.2, 0) is 11.3 Å². The summed E-state index contributed by atoms with van der Waals surface area (Å²) in [5.41, 5.74) is 1.43. The molecule has 10 heteroatoms. The number of nitrogens with one attached hydrogen (secondary N) is 2. The lowest BCUT2D eigenvalue weighted by Gasteiger charge is -2.15. The van der Waals surface area contributed by atoms with Crippen LogP contribution in [0.4, 0.5) is 20.2 Å². The van der Waals surface area contributed by atoms with Crippen molar-refractivity contribution < 1.29 is 23.0 Å². The molecule has 28 heavy (non-hydrogen) atoms. The van der Waals surface area contributed by atoms with E-state index in [4.69, 9.17) is 17.0 Å². The molecule has 1 heterocycles. The summed E-state index contributed by atoms with van der Waals surface area (Å²) in [6.45, 7) is 4.65. The maximum atomic E-state index is 12.6. The van der Waals surface area contributed by atoms with Crippen molar-refractivity contribution in [2.24, 2.45) is 0 Å². The zero-order valence-corrected chi connectivity index (χ0v) is 16.8. The summed E-state index contributed by atoms with van der Waals surface area (Å²) in [4.78, 5) is 12.3. The molecule has 0 bridgehead atoms. The number of esters is 1. The number of alkyl halides is 2. The topological polar surface area (TPSA) is 77.4 Å². The molecule has 0 spiro atoms. The van der Waals surface area contributed by atoms with Gasteiger partial charge in [0.25, 0.3) is 0 Å². The van der Waals surface area contributed by atoms with Gasteiger partial charge in [0.15, 0.2) is 10.8 Å². The third-order valence-electron chi connectivity index (χ3n) is 3.47. The SMILES string of the molecule is CCn1cc(NC(=S)Nc2ccc(C)cc2OC(F)F)c(C(=O)OC(C)C)n1.